The summed E-state index contributed by atoms with van der Waals surface area (Å²) in [5.41, 5.74) is -0.158. The van der Waals surface area contributed by atoms with Crippen LogP contribution in [0.2, 0.25) is 0 Å². The first-order valence-corrected chi connectivity index (χ1v) is 6.92. The number of amides is 1. The number of carboxylic acids is 1. The molecule has 21 heavy (non-hydrogen) atoms. The van der Waals surface area contributed by atoms with E-state index in [4.69, 9.17) is 5.11 Å². The summed E-state index contributed by atoms with van der Waals surface area (Å²) < 4.78 is 13.4. The maximum atomic E-state index is 13.4. The second-order valence-electron chi connectivity index (χ2n) is 3.98. The molecular weight excluding hydrogens is 295 g/mol. The normalized spacial score (nSPS) is 10.1. The largest absolute Gasteiger partial charge is 0.477 e. The first-order chi connectivity index (χ1) is 10.1. The molecule has 0 fully saturated rings. The number of halogens is 1. The van der Waals surface area contributed by atoms with Crippen LogP contribution in [0, 0.1) is 5.82 Å². The average molecular weight is 306 g/mol. The molecular formula is C14H11FN2O3S. The van der Waals surface area contributed by atoms with Gasteiger partial charge in [-0.1, -0.05) is 18.2 Å². The van der Waals surface area contributed by atoms with E-state index in [1.54, 1.807) is 18.2 Å². The van der Waals surface area contributed by atoms with Gasteiger partial charge in [0.15, 0.2) is 5.69 Å². The molecule has 1 aromatic carbocycles. The lowest BCUT2D eigenvalue weighted by Crippen LogP contribution is -2.16. The summed E-state index contributed by atoms with van der Waals surface area (Å²) in [5, 5.41) is 11.3. The van der Waals surface area contributed by atoms with Crippen molar-refractivity contribution in [1.29, 1.82) is 0 Å². The van der Waals surface area contributed by atoms with E-state index < -0.39 is 11.9 Å². The third-order valence-electron chi connectivity index (χ3n) is 2.43. The molecule has 0 unspecified atom stereocenters. The summed E-state index contributed by atoms with van der Waals surface area (Å²) in [5.74, 6) is -1.81. The van der Waals surface area contributed by atoms with E-state index in [1.807, 2.05) is 0 Å². The van der Waals surface area contributed by atoms with E-state index in [1.165, 1.54) is 24.3 Å². The number of nitrogens with zero attached hydrogens (tertiary/aromatic N) is 1. The second-order valence-corrected chi connectivity index (χ2v) is 5.00. The van der Waals surface area contributed by atoms with E-state index in [0.717, 1.165) is 11.8 Å². The molecule has 0 aliphatic carbocycles. The van der Waals surface area contributed by atoms with Gasteiger partial charge in [0.2, 0.25) is 5.91 Å². The highest BCUT2D eigenvalue weighted by atomic mass is 32.2. The summed E-state index contributed by atoms with van der Waals surface area (Å²) >= 11 is 1.05. The first kappa shape index (κ1) is 15.0. The lowest BCUT2D eigenvalue weighted by Gasteiger charge is -2.05. The number of aromatic carboxylic acids is 1. The molecule has 0 saturated heterocycles. The monoisotopic (exact) mass is 306 g/mol. The van der Waals surface area contributed by atoms with Crippen molar-refractivity contribution in [3.63, 3.8) is 0 Å². The Hall–Kier alpha value is -2.41. The highest BCUT2D eigenvalue weighted by Gasteiger charge is 2.09. The van der Waals surface area contributed by atoms with Gasteiger partial charge in [0.25, 0.3) is 0 Å². The Morgan fingerprint density at radius 1 is 1.19 bits per heavy atom. The van der Waals surface area contributed by atoms with Crippen LogP contribution in [0.4, 0.5) is 10.2 Å². The average Bonchev–Trinajstić information content (AvgIpc) is 2.46. The summed E-state index contributed by atoms with van der Waals surface area (Å²) in [6.07, 6.45) is 0. The molecule has 0 bridgehead atoms. The van der Waals surface area contributed by atoms with E-state index in [2.05, 4.69) is 10.3 Å². The Morgan fingerprint density at radius 2 is 1.95 bits per heavy atom. The van der Waals surface area contributed by atoms with Crippen molar-refractivity contribution >= 4 is 29.5 Å². The molecule has 108 valence electrons. The zero-order chi connectivity index (χ0) is 15.2. The predicted molar refractivity (Wildman–Crippen MR) is 77.0 cm³/mol. The number of carbonyl (C=O) groups excluding carboxylic acids is 1. The maximum absolute atomic E-state index is 13.4. The van der Waals surface area contributed by atoms with E-state index >= 15 is 0 Å². The van der Waals surface area contributed by atoms with Crippen LogP contribution in [0.5, 0.6) is 0 Å². The minimum atomic E-state index is -1.17. The quantitative estimate of drug-likeness (QED) is 0.830. The van der Waals surface area contributed by atoms with Gasteiger partial charge in [0, 0.05) is 4.90 Å². The molecule has 2 N–H and O–H groups in total. The fraction of sp³-hybridized carbons (Fsp3) is 0.0714. The number of nitrogens with one attached hydrogen (secondary N) is 1. The van der Waals surface area contributed by atoms with Gasteiger partial charge in [-0.2, -0.15) is 0 Å². The number of thioether (sulfide) groups is 1. The van der Waals surface area contributed by atoms with E-state index in [9.17, 15) is 14.0 Å². The number of carboxylic acid groups (broad SMARTS) is 1. The van der Waals surface area contributed by atoms with Crippen LogP contribution in [0.15, 0.2) is 47.4 Å². The summed E-state index contributed by atoms with van der Waals surface area (Å²) in [6, 6.07) is 10.4. The van der Waals surface area contributed by atoms with Gasteiger partial charge in [-0.3, -0.25) is 4.79 Å². The van der Waals surface area contributed by atoms with Crippen molar-refractivity contribution < 1.29 is 19.1 Å². The lowest BCUT2D eigenvalue weighted by atomic mass is 10.3. The van der Waals surface area contributed by atoms with Gasteiger partial charge >= 0.3 is 5.97 Å². The Labute approximate surface area is 124 Å². The molecule has 5 nitrogen and oxygen atoms in total. The third-order valence-corrected chi connectivity index (χ3v) is 3.48. The fourth-order valence-corrected chi connectivity index (χ4v) is 2.25. The Bertz CT molecular complexity index is 679. The van der Waals surface area contributed by atoms with Gasteiger partial charge in [-0.25, -0.2) is 14.2 Å². The van der Waals surface area contributed by atoms with Crippen LogP contribution >= 0.6 is 11.8 Å². The number of pyridine rings is 1. The fourth-order valence-electron chi connectivity index (χ4n) is 1.51. The van der Waals surface area contributed by atoms with Crippen molar-refractivity contribution in [3.05, 3.63) is 54.0 Å². The molecule has 1 aromatic heterocycles. The summed E-state index contributed by atoms with van der Waals surface area (Å²) in [4.78, 5) is 26.6. The van der Waals surface area contributed by atoms with Crippen molar-refractivity contribution in [2.24, 2.45) is 0 Å². The molecule has 2 rings (SSSR count). The van der Waals surface area contributed by atoms with Crippen LogP contribution in [-0.2, 0) is 4.79 Å². The van der Waals surface area contributed by atoms with Crippen LogP contribution in [0.3, 0.4) is 0 Å². The zero-order valence-corrected chi connectivity index (χ0v) is 11.6. The van der Waals surface area contributed by atoms with Crippen LogP contribution in [0.1, 0.15) is 10.5 Å². The highest BCUT2D eigenvalue weighted by Crippen LogP contribution is 2.21. The lowest BCUT2D eigenvalue weighted by molar-refractivity contribution is -0.113. The summed E-state index contributed by atoms with van der Waals surface area (Å²) in [6.45, 7) is 0. The van der Waals surface area contributed by atoms with Crippen LogP contribution in [-0.4, -0.2) is 27.7 Å². The van der Waals surface area contributed by atoms with Crippen LogP contribution in [0.25, 0.3) is 0 Å². The maximum Gasteiger partial charge on any atom is 0.354 e. The smallest absolute Gasteiger partial charge is 0.354 e. The molecule has 0 aliphatic heterocycles. The van der Waals surface area contributed by atoms with E-state index in [-0.39, 0.29) is 23.1 Å². The van der Waals surface area contributed by atoms with Crippen molar-refractivity contribution in [3.8, 4) is 0 Å². The number of aromatic nitrogens is 1. The minimum absolute atomic E-state index is 0.0000869. The van der Waals surface area contributed by atoms with Gasteiger partial charge in [0.05, 0.1) is 5.75 Å². The molecule has 0 saturated carbocycles. The minimum Gasteiger partial charge on any atom is -0.477 e. The van der Waals surface area contributed by atoms with Crippen LogP contribution < -0.4 is 5.32 Å². The molecule has 1 heterocycles. The van der Waals surface area contributed by atoms with E-state index in [0.29, 0.717) is 4.90 Å². The standard InChI is InChI=1S/C14H11FN2O3S/c15-9-4-1-2-6-11(9)21-8-13(18)17-12-7-3-5-10(16-12)14(19)20/h1-7H,8H2,(H,19,20)(H,16,17,18). The zero-order valence-electron chi connectivity index (χ0n) is 10.7. The van der Waals surface area contributed by atoms with Gasteiger partial charge in [0.1, 0.15) is 11.6 Å². The number of rotatable bonds is 5. The number of benzene rings is 1. The molecule has 0 radical (unpaired) electrons. The molecule has 0 spiro atoms. The number of hydrogen-bond acceptors (Lipinski definition) is 4. The SMILES string of the molecule is O=C(CSc1ccccc1F)Nc1cccc(C(=O)O)n1. The molecule has 2 aromatic rings. The second kappa shape index (κ2) is 6.85. The Kier molecular flexibility index (Phi) is 4.89. The first-order valence-electron chi connectivity index (χ1n) is 5.94. The molecule has 0 atom stereocenters. The van der Waals surface area contributed by atoms with Gasteiger partial charge in [-0.15, -0.1) is 11.8 Å². The molecule has 0 aliphatic rings. The van der Waals surface area contributed by atoms with Gasteiger partial charge < -0.3 is 10.4 Å². The topological polar surface area (TPSA) is 79.3 Å². The number of carbonyl (C=O) groups is 2. The predicted octanol–water partition coefficient (Wildman–Crippen LogP) is 2.65. The summed E-state index contributed by atoms with van der Waals surface area (Å²) in [7, 11) is 0. The Morgan fingerprint density at radius 3 is 2.67 bits per heavy atom. The number of hydrogen-bond donors (Lipinski definition) is 2. The Balaban J connectivity index is 1.95. The van der Waals surface area contributed by atoms with Gasteiger partial charge in [-0.05, 0) is 24.3 Å². The van der Waals surface area contributed by atoms with Crippen molar-refractivity contribution in [2.75, 3.05) is 11.1 Å². The molecule has 1 amide bonds. The van der Waals surface area contributed by atoms with Crippen molar-refractivity contribution in [2.45, 2.75) is 4.90 Å². The third kappa shape index (κ3) is 4.28. The number of anilines is 1. The van der Waals surface area contributed by atoms with Crippen molar-refractivity contribution in [1.82, 2.24) is 4.98 Å². The highest BCUT2D eigenvalue weighted by molar-refractivity contribution is 8.00. The molecule has 7 heteroatoms.